The zero-order valence-electron chi connectivity index (χ0n) is 5.74. The molecular formula is C8H7NOS. The van der Waals surface area contributed by atoms with Crippen LogP contribution in [-0.4, -0.2) is 5.91 Å². The van der Waals surface area contributed by atoms with E-state index in [4.69, 9.17) is 7.05 Å². The second-order valence-corrected chi connectivity index (χ2v) is 2.47. The summed E-state index contributed by atoms with van der Waals surface area (Å²) in [6.45, 7) is 0. The maximum absolute atomic E-state index is 10.9. The number of hydrogen-bond acceptors (Lipinski definition) is 2. The Bertz CT molecular complexity index is 273. The predicted octanol–water partition coefficient (Wildman–Crippen LogP) is 1.37. The van der Waals surface area contributed by atoms with Gasteiger partial charge in [0, 0.05) is 4.90 Å². The molecule has 0 aromatic heterocycles. The lowest BCUT2D eigenvalue weighted by atomic mass is 10.2. The van der Waals surface area contributed by atoms with Crippen LogP contribution in [0.1, 0.15) is 10.4 Å². The van der Waals surface area contributed by atoms with Crippen LogP contribution in [0.5, 0.6) is 0 Å². The van der Waals surface area contributed by atoms with Gasteiger partial charge < -0.3 is 5.32 Å². The van der Waals surface area contributed by atoms with Gasteiger partial charge in [0.25, 0.3) is 5.91 Å². The van der Waals surface area contributed by atoms with Gasteiger partial charge in [0.1, 0.15) is 0 Å². The van der Waals surface area contributed by atoms with Crippen molar-refractivity contribution in [1.29, 1.82) is 0 Å². The molecule has 0 saturated heterocycles. The number of hydrogen-bond donors (Lipinski definition) is 2. The van der Waals surface area contributed by atoms with Gasteiger partial charge in [-0.25, -0.2) is 0 Å². The average Bonchev–Trinajstić information content (AvgIpc) is 2.04. The van der Waals surface area contributed by atoms with E-state index in [2.05, 4.69) is 12.6 Å². The van der Waals surface area contributed by atoms with Gasteiger partial charge in [-0.2, -0.15) is 0 Å². The Kier molecular flexibility index (Phi) is 2.54. The highest BCUT2D eigenvalue weighted by atomic mass is 32.1. The molecular weight excluding hydrogens is 158 g/mol. The molecule has 1 N–H and O–H groups in total. The van der Waals surface area contributed by atoms with E-state index in [-0.39, 0.29) is 5.91 Å². The fourth-order valence-corrected chi connectivity index (χ4v) is 1.01. The maximum atomic E-state index is 10.9. The summed E-state index contributed by atoms with van der Waals surface area (Å²) in [4.78, 5) is 11.6. The van der Waals surface area contributed by atoms with Crippen LogP contribution >= 0.6 is 12.6 Å². The third-order valence-electron chi connectivity index (χ3n) is 1.28. The molecule has 1 aromatic carbocycles. The van der Waals surface area contributed by atoms with E-state index >= 15 is 0 Å². The zero-order valence-corrected chi connectivity index (χ0v) is 6.64. The van der Waals surface area contributed by atoms with Crippen LogP contribution in [0.4, 0.5) is 0 Å². The Hall–Kier alpha value is -0.960. The number of carbonyl (C=O) groups is 1. The van der Waals surface area contributed by atoms with Gasteiger partial charge in [-0.1, -0.05) is 12.1 Å². The minimum atomic E-state index is -0.324. The molecule has 1 rings (SSSR count). The van der Waals surface area contributed by atoms with Crippen LogP contribution in [0, 0.1) is 7.05 Å². The van der Waals surface area contributed by atoms with Crippen molar-refractivity contribution in [3.63, 3.8) is 0 Å². The van der Waals surface area contributed by atoms with Gasteiger partial charge in [0.2, 0.25) is 0 Å². The molecule has 0 aliphatic heterocycles. The minimum Gasteiger partial charge on any atom is -0.345 e. The molecule has 0 aliphatic rings. The first-order valence-corrected chi connectivity index (χ1v) is 3.49. The molecule has 1 amide bonds. The SMILES string of the molecule is [CH]NC(=O)c1ccccc1S. The summed E-state index contributed by atoms with van der Waals surface area (Å²) >= 11 is 4.07. The number of benzene rings is 1. The Balaban J connectivity index is 3.03. The van der Waals surface area contributed by atoms with Crippen molar-refractivity contribution in [1.82, 2.24) is 5.32 Å². The molecule has 11 heavy (non-hydrogen) atoms. The van der Waals surface area contributed by atoms with Gasteiger partial charge in [-0.15, -0.1) is 12.6 Å². The quantitative estimate of drug-likeness (QED) is 0.477. The Labute approximate surface area is 71.0 Å². The molecule has 0 fully saturated rings. The number of nitrogens with one attached hydrogen (secondary N) is 1. The van der Waals surface area contributed by atoms with Crippen LogP contribution in [0.25, 0.3) is 0 Å². The number of thiol groups is 1. The Morgan fingerprint density at radius 1 is 1.45 bits per heavy atom. The highest BCUT2D eigenvalue weighted by Gasteiger charge is 2.04. The van der Waals surface area contributed by atoms with Crippen LogP contribution < -0.4 is 5.32 Å². The Morgan fingerprint density at radius 2 is 2.09 bits per heavy atom. The van der Waals surface area contributed by atoms with Crippen LogP contribution in [-0.2, 0) is 0 Å². The molecule has 0 spiro atoms. The molecule has 0 aliphatic carbocycles. The first-order valence-electron chi connectivity index (χ1n) is 3.04. The molecule has 2 nitrogen and oxygen atoms in total. The molecule has 0 heterocycles. The highest BCUT2D eigenvalue weighted by Crippen LogP contribution is 2.11. The molecule has 1 aromatic rings. The molecule has 0 unspecified atom stereocenters. The summed E-state index contributed by atoms with van der Waals surface area (Å²) in [7, 11) is 4.94. The van der Waals surface area contributed by atoms with E-state index in [9.17, 15) is 4.79 Å². The van der Waals surface area contributed by atoms with Crippen LogP contribution in [0.3, 0.4) is 0 Å². The standard InChI is InChI=1S/C8H7NOS/c1-9-8(10)6-4-2-3-5-7(6)11/h1-5,11H,(H,9,10). The number of rotatable bonds is 1. The predicted molar refractivity (Wildman–Crippen MR) is 45.5 cm³/mol. The second-order valence-electron chi connectivity index (χ2n) is 1.99. The topological polar surface area (TPSA) is 29.1 Å². The summed E-state index contributed by atoms with van der Waals surface area (Å²) in [5.74, 6) is -0.324. The molecule has 56 valence electrons. The first-order chi connectivity index (χ1) is 5.25. The van der Waals surface area contributed by atoms with Crippen molar-refractivity contribution in [2.75, 3.05) is 0 Å². The lowest BCUT2D eigenvalue weighted by Gasteiger charge is -2.00. The summed E-state index contributed by atoms with van der Waals surface area (Å²) in [5, 5.41) is 2.03. The summed E-state index contributed by atoms with van der Waals surface area (Å²) in [6, 6.07) is 6.94. The summed E-state index contributed by atoms with van der Waals surface area (Å²) in [5.41, 5.74) is 0.485. The third-order valence-corrected chi connectivity index (χ3v) is 1.67. The second kappa shape index (κ2) is 3.44. The van der Waals surface area contributed by atoms with Gasteiger partial charge in [-0.05, 0) is 12.1 Å². The lowest BCUT2D eigenvalue weighted by molar-refractivity contribution is 0.0966. The summed E-state index contributed by atoms with van der Waals surface area (Å²) < 4.78 is 0. The van der Waals surface area contributed by atoms with Crippen molar-refractivity contribution in [2.24, 2.45) is 0 Å². The van der Waals surface area contributed by atoms with Crippen LogP contribution in [0.15, 0.2) is 29.2 Å². The maximum Gasteiger partial charge on any atom is 0.252 e. The van der Waals surface area contributed by atoms with Crippen molar-refractivity contribution >= 4 is 18.5 Å². The molecule has 3 heteroatoms. The van der Waals surface area contributed by atoms with E-state index in [0.29, 0.717) is 10.5 Å². The van der Waals surface area contributed by atoms with Gasteiger partial charge in [0.15, 0.2) is 0 Å². The van der Waals surface area contributed by atoms with Gasteiger partial charge in [0.05, 0.1) is 12.6 Å². The summed E-state index contributed by atoms with van der Waals surface area (Å²) in [6.07, 6.45) is 0. The van der Waals surface area contributed by atoms with Crippen molar-refractivity contribution in [2.45, 2.75) is 4.90 Å². The Morgan fingerprint density at radius 3 is 2.64 bits per heavy atom. The lowest BCUT2D eigenvalue weighted by Crippen LogP contribution is -2.15. The van der Waals surface area contributed by atoms with E-state index in [0.717, 1.165) is 0 Å². The van der Waals surface area contributed by atoms with Crippen molar-refractivity contribution in [3.05, 3.63) is 36.9 Å². The highest BCUT2D eigenvalue weighted by molar-refractivity contribution is 7.80. The van der Waals surface area contributed by atoms with Crippen LogP contribution in [0.2, 0.25) is 0 Å². The normalized spacial score (nSPS) is 9.27. The largest absolute Gasteiger partial charge is 0.345 e. The smallest absolute Gasteiger partial charge is 0.252 e. The van der Waals surface area contributed by atoms with Gasteiger partial charge in [-0.3, -0.25) is 4.79 Å². The molecule has 0 saturated carbocycles. The fourth-order valence-electron chi connectivity index (χ4n) is 0.743. The fraction of sp³-hybridized carbons (Fsp3) is 0. The van der Waals surface area contributed by atoms with Crippen molar-refractivity contribution < 1.29 is 4.79 Å². The molecule has 0 bridgehead atoms. The molecule has 0 atom stereocenters. The van der Waals surface area contributed by atoms with Gasteiger partial charge >= 0.3 is 0 Å². The van der Waals surface area contributed by atoms with E-state index in [1.807, 2.05) is 5.32 Å². The zero-order chi connectivity index (χ0) is 8.27. The third kappa shape index (κ3) is 1.74. The van der Waals surface area contributed by atoms with E-state index < -0.39 is 0 Å². The first kappa shape index (κ1) is 8.14. The van der Waals surface area contributed by atoms with E-state index in [1.54, 1.807) is 24.3 Å². The average molecular weight is 165 g/mol. The number of carbonyl (C=O) groups excluding carboxylic acids is 1. The minimum absolute atomic E-state index is 0.324. The molecule has 2 radical (unpaired) electrons. The van der Waals surface area contributed by atoms with E-state index in [1.165, 1.54) is 0 Å². The van der Waals surface area contributed by atoms with Crippen molar-refractivity contribution in [3.8, 4) is 0 Å². The monoisotopic (exact) mass is 165 g/mol. The number of amides is 1.